The number of carbonyl (C=O) groups excluding carboxylic acids is 1. The number of nitrogens with zero attached hydrogens (tertiary/aromatic N) is 3. The van der Waals surface area contributed by atoms with E-state index in [2.05, 4.69) is 9.28 Å². The quantitative estimate of drug-likeness (QED) is 0.349. The number of amides is 1. The number of halogens is 3. The predicted molar refractivity (Wildman–Crippen MR) is 133 cm³/mol. The third-order valence-corrected chi connectivity index (χ3v) is 6.82. The molecule has 3 rings (SSSR count). The molecule has 0 N–H and O–H groups in total. The van der Waals surface area contributed by atoms with Gasteiger partial charge in [0.1, 0.15) is 11.4 Å². The van der Waals surface area contributed by atoms with Crippen LogP contribution < -0.4 is 0 Å². The van der Waals surface area contributed by atoms with Crippen molar-refractivity contribution in [2.45, 2.75) is 64.5 Å². The van der Waals surface area contributed by atoms with Gasteiger partial charge in [0.25, 0.3) is 0 Å². The van der Waals surface area contributed by atoms with Crippen molar-refractivity contribution in [1.29, 1.82) is 0 Å². The molecule has 37 heavy (non-hydrogen) atoms. The molecular weight excluding hydrogens is 511 g/mol. The van der Waals surface area contributed by atoms with Gasteiger partial charge in [-0.2, -0.15) is 26.7 Å². The van der Waals surface area contributed by atoms with E-state index < -0.39 is 21.2 Å². The SMILES string of the molecule is C/C(=C\c1cc(C2=CC=C(OS(=O)(=O)C(F)(F)F)CCC2)nn1C)C1=CCN(C(=O)OC(C)(C)C)CC1. The molecule has 1 aliphatic heterocycles. The molecule has 12 heteroatoms. The highest BCUT2D eigenvalue weighted by Crippen LogP contribution is 2.31. The number of carbonyl (C=O) groups is 1. The van der Waals surface area contributed by atoms with Gasteiger partial charge in [0.05, 0.1) is 11.4 Å². The molecular formula is C25H32F3N3O5S. The monoisotopic (exact) mass is 543 g/mol. The summed E-state index contributed by atoms with van der Waals surface area (Å²) in [7, 11) is -3.91. The Hall–Kier alpha value is -3.02. The van der Waals surface area contributed by atoms with Crippen LogP contribution in [0.1, 0.15) is 64.8 Å². The van der Waals surface area contributed by atoms with Crippen molar-refractivity contribution in [2.24, 2.45) is 7.05 Å². The first kappa shape index (κ1) is 28.5. The maximum Gasteiger partial charge on any atom is 0.534 e. The highest BCUT2D eigenvalue weighted by Gasteiger charge is 2.48. The Bertz CT molecular complexity index is 1270. The number of ether oxygens (including phenoxy) is 1. The number of hydrogen-bond donors (Lipinski definition) is 0. The van der Waals surface area contributed by atoms with Crippen LogP contribution in [0.2, 0.25) is 0 Å². The lowest BCUT2D eigenvalue weighted by molar-refractivity contribution is -0.0523. The van der Waals surface area contributed by atoms with Crippen LogP contribution in [-0.4, -0.2) is 53.4 Å². The van der Waals surface area contributed by atoms with E-state index in [1.54, 1.807) is 22.7 Å². The lowest BCUT2D eigenvalue weighted by Crippen LogP contribution is -2.39. The van der Waals surface area contributed by atoms with Gasteiger partial charge in [0, 0.05) is 26.6 Å². The number of aromatic nitrogens is 2. The molecule has 1 aliphatic carbocycles. The summed E-state index contributed by atoms with van der Waals surface area (Å²) in [6, 6.07) is 1.87. The maximum absolute atomic E-state index is 12.6. The summed E-state index contributed by atoms with van der Waals surface area (Å²) in [6.07, 6.45) is 8.11. The summed E-state index contributed by atoms with van der Waals surface area (Å²) in [6.45, 7) is 8.49. The molecule has 8 nitrogen and oxygen atoms in total. The average Bonchev–Trinajstić information content (AvgIpc) is 2.98. The van der Waals surface area contributed by atoms with Crippen molar-refractivity contribution in [3.8, 4) is 0 Å². The van der Waals surface area contributed by atoms with Crippen LogP contribution in [-0.2, 0) is 26.1 Å². The van der Waals surface area contributed by atoms with Crippen molar-refractivity contribution in [3.63, 3.8) is 0 Å². The first-order valence-electron chi connectivity index (χ1n) is 11.9. The largest absolute Gasteiger partial charge is 0.534 e. The Morgan fingerprint density at radius 2 is 1.84 bits per heavy atom. The van der Waals surface area contributed by atoms with Gasteiger partial charge in [-0.3, -0.25) is 4.68 Å². The van der Waals surface area contributed by atoms with Crippen LogP contribution in [0.3, 0.4) is 0 Å². The topological polar surface area (TPSA) is 90.7 Å². The molecule has 2 heterocycles. The van der Waals surface area contributed by atoms with Gasteiger partial charge in [-0.1, -0.05) is 12.2 Å². The van der Waals surface area contributed by atoms with Gasteiger partial charge < -0.3 is 13.8 Å². The molecule has 0 spiro atoms. The number of allylic oxidation sites excluding steroid dienone is 5. The van der Waals surface area contributed by atoms with Crippen molar-refractivity contribution < 1.29 is 35.3 Å². The molecule has 0 aromatic carbocycles. The third kappa shape index (κ3) is 7.50. The Kier molecular flexibility index (Phi) is 8.31. The van der Waals surface area contributed by atoms with E-state index >= 15 is 0 Å². The Morgan fingerprint density at radius 3 is 2.43 bits per heavy atom. The zero-order valence-electron chi connectivity index (χ0n) is 21.6. The number of aryl methyl sites for hydroxylation is 1. The average molecular weight is 544 g/mol. The van der Waals surface area contributed by atoms with E-state index in [0.717, 1.165) is 22.4 Å². The van der Waals surface area contributed by atoms with Gasteiger partial charge in [0.15, 0.2) is 0 Å². The lowest BCUT2D eigenvalue weighted by atomic mass is 9.99. The Balaban J connectivity index is 1.73. The zero-order chi connectivity index (χ0) is 27.6. The number of alkyl halides is 3. The van der Waals surface area contributed by atoms with Gasteiger partial charge >= 0.3 is 21.7 Å². The van der Waals surface area contributed by atoms with Crippen LogP contribution in [0.15, 0.2) is 41.2 Å². The summed E-state index contributed by atoms with van der Waals surface area (Å²) < 4.78 is 71.9. The van der Waals surface area contributed by atoms with Crippen LogP contribution in [0.4, 0.5) is 18.0 Å². The summed E-state index contributed by atoms with van der Waals surface area (Å²) >= 11 is 0. The summed E-state index contributed by atoms with van der Waals surface area (Å²) in [5.41, 5.74) is -1.64. The van der Waals surface area contributed by atoms with Crippen molar-refractivity contribution in [1.82, 2.24) is 14.7 Å². The van der Waals surface area contributed by atoms with Crippen LogP contribution in [0, 0.1) is 0 Å². The highest BCUT2D eigenvalue weighted by atomic mass is 32.2. The molecule has 0 atom stereocenters. The molecule has 2 aliphatic rings. The summed E-state index contributed by atoms with van der Waals surface area (Å²) in [5, 5.41) is 4.53. The minimum absolute atomic E-state index is 0.0580. The second kappa shape index (κ2) is 10.8. The lowest BCUT2D eigenvalue weighted by Gasteiger charge is -2.29. The van der Waals surface area contributed by atoms with Crippen LogP contribution in [0.25, 0.3) is 11.6 Å². The molecule has 1 amide bonds. The predicted octanol–water partition coefficient (Wildman–Crippen LogP) is 5.71. The summed E-state index contributed by atoms with van der Waals surface area (Å²) in [4.78, 5) is 13.9. The highest BCUT2D eigenvalue weighted by molar-refractivity contribution is 7.87. The van der Waals surface area contributed by atoms with E-state index in [-0.39, 0.29) is 18.3 Å². The van der Waals surface area contributed by atoms with E-state index in [0.29, 0.717) is 38.0 Å². The maximum atomic E-state index is 12.6. The van der Waals surface area contributed by atoms with E-state index in [4.69, 9.17) is 4.74 Å². The van der Waals surface area contributed by atoms with Gasteiger partial charge in [0.2, 0.25) is 0 Å². The fraction of sp³-hybridized carbons (Fsp3) is 0.520. The van der Waals surface area contributed by atoms with E-state index in [9.17, 15) is 26.4 Å². The molecule has 0 saturated heterocycles. The van der Waals surface area contributed by atoms with Crippen molar-refractivity contribution in [3.05, 3.63) is 52.6 Å². The summed E-state index contributed by atoms with van der Waals surface area (Å²) in [5.74, 6) is -0.260. The van der Waals surface area contributed by atoms with Gasteiger partial charge in [-0.25, -0.2) is 4.79 Å². The number of hydrogen-bond acceptors (Lipinski definition) is 6. The van der Waals surface area contributed by atoms with Gasteiger partial charge in [-0.05, 0) is 81.9 Å². The van der Waals surface area contributed by atoms with Crippen molar-refractivity contribution >= 4 is 27.9 Å². The van der Waals surface area contributed by atoms with Gasteiger partial charge in [-0.15, -0.1) is 0 Å². The third-order valence-electron chi connectivity index (χ3n) is 5.82. The minimum Gasteiger partial charge on any atom is -0.444 e. The molecule has 204 valence electrons. The smallest absolute Gasteiger partial charge is 0.444 e. The number of rotatable bonds is 5. The van der Waals surface area contributed by atoms with Crippen molar-refractivity contribution in [2.75, 3.05) is 13.1 Å². The molecule has 0 unspecified atom stereocenters. The first-order valence-corrected chi connectivity index (χ1v) is 13.3. The molecule has 1 aromatic rings. The zero-order valence-corrected chi connectivity index (χ0v) is 22.4. The second-order valence-electron chi connectivity index (χ2n) is 9.97. The Morgan fingerprint density at radius 1 is 1.14 bits per heavy atom. The van der Waals surface area contributed by atoms with E-state index in [1.807, 2.05) is 45.9 Å². The second-order valence-corrected chi connectivity index (χ2v) is 11.5. The van der Waals surface area contributed by atoms with Crippen LogP contribution >= 0.6 is 0 Å². The standard InChI is InChI=1S/C25H32F3N3O5S/c1-17(18-11-13-31(14-12-18)23(32)35-24(2,3)4)15-20-16-22(29-30(20)5)19-7-6-8-21(10-9-19)36-37(33,34)25(26,27)28/h9-11,15-16H,6-8,12-14H2,1-5H3/b17-15+. The molecule has 0 bridgehead atoms. The van der Waals surface area contributed by atoms with Crippen LogP contribution in [0.5, 0.6) is 0 Å². The fourth-order valence-corrected chi connectivity index (χ4v) is 4.41. The molecule has 0 fully saturated rings. The normalized spacial score (nSPS) is 18.0. The van der Waals surface area contributed by atoms with E-state index in [1.165, 1.54) is 6.08 Å². The molecule has 0 radical (unpaired) electrons. The molecule has 0 saturated carbocycles. The first-order chi connectivity index (χ1) is 17.1. The molecule has 1 aromatic heterocycles. The fourth-order valence-electron chi connectivity index (χ4n) is 3.89. The minimum atomic E-state index is -5.70. The Labute approximate surface area is 215 Å².